The summed E-state index contributed by atoms with van der Waals surface area (Å²) in [5, 5.41) is 0. The summed E-state index contributed by atoms with van der Waals surface area (Å²) >= 11 is 0. The highest BCUT2D eigenvalue weighted by Gasteiger charge is 2.14. The van der Waals surface area contributed by atoms with E-state index in [2.05, 4.69) is 0 Å². The van der Waals surface area contributed by atoms with Crippen molar-refractivity contribution in [2.45, 2.75) is 62.4 Å². The van der Waals surface area contributed by atoms with E-state index in [4.69, 9.17) is 18.9 Å². The Morgan fingerprint density at radius 1 is 0.375 bits per heavy atom. The highest BCUT2D eigenvalue weighted by Crippen LogP contribution is 2.20. The molecule has 0 amide bonds. The van der Waals surface area contributed by atoms with E-state index in [-0.39, 0.29) is 12.6 Å². The summed E-state index contributed by atoms with van der Waals surface area (Å²) < 4.78 is 24.6. The number of hydrogen-bond donors (Lipinski definition) is 0. The first-order valence-electron chi connectivity index (χ1n) is 14.1. The van der Waals surface area contributed by atoms with Crippen molar-refractivity contribution in [1.29, 1.82) is 0 Å². The minimum absolute atomic E-state index is 0.275. The molecule has 4 radical (unpaired) electrons. The molecule has 0 fully saturated rings. The highest BCUT2D eigenvalue weighted by molar-refractivity contribution is 6.36. The Labute approximate surface area is 244 Å². The number of rotatable bonds is 19. The molecule has 206 valence electrons. The molecule has 6 heteroatoms. The standard InChI is InChI=1S/C34H38O4Si2/c1-5-15-29(16-6-1)35-33(36-30-17-7-2-8-18-30)23-27-39-25-13-14-26-40-28-24-34(37-31-19-9-3-10-20-31)38-32-21-11-4-12-22-32/h1-12,15-22,33-34H,13-14,23-28H2. The van der Waals surface area contributed by atoms with Crippen LogP contribution in [-0.4, -0.2) is 31.6 Å². The van der Waals surface area contributed by atoms with Crippen molar-refractivity contribution < 1.29 is 18.9 Å². The molecule has 0 aliphatic rings. The van der Waals surface area contributed by atoms with E-state index in [0.29, 0.717) is 0 Å². The Morgan fingerprint density at radius 2 is 0.650 bits per heavy atom. The van der Waals surface area contributed by atoms with Crippen molar-refractivity contribution in [1.82, 2.24) is 0 Å². The number of benzene rings is 4. The van der Waals surface area contributed by atoms with Crippen LogP contribution in [0, 0.1) is 0 Å². The molecule has 0 heterocycles. The molecule has 40 heavy (non-hydrogen) atoms. The molecule has 4 rings (SSSR count). The molecule has 0 saturated carbocycles. The Morgan fingerprint density at radius 3 is 0.925 bits per heavy atom. The first-order chi connectivity index (χ1) is 19.8. The first-order valence-corrected chi connectivity index (χ1v) is 17.0. The summed E-state index contributed by atoms with van der Waals surface area (Å²) in [5.41, 5.74) is 0. The maximum absolute atomic E-state index is 6.15. The molecule has 4 aromatic carbocycles. The van der Waals surface area contributed by atoms with E-state index in [9.17, 15) is 0 Å². The first kappa shape index (κ1) is 29.5. The molecule has 0 saturated heterocycles. The lowest BCUT2D eigenvalue weighted by molar-refractivity contribution is 0.00298. The van der Waals surface area contributed by atoms with Crippen LogP contribution >= 0.6 is 0 Å². The van der Waals surface area contributed by atoms with Gasteiger partial charge in [0.1, 0.15) is 23.0 Å². The third-order valence-corrected chi connectivity index (χ3v) is 8.81. The van der Waals surface area contributed by atoms with Gasteiger partial charge in [-0.25, -0.2) is 0 Å². The van der Waals surface area contributed by atoms with Gasteiger partial charge in [0.2, 0.25) is 12.6 Å². The van der Waals surface area contributed by atoms with Crippen LogP contribution in [0.25, 0.3) is 0 Å². The van der Waals surface area contributed by atoms with E-state index in [1.54, 1.807) is 0 Å². The van der Waals surface area contributed by atoms with Gasteiger partial charge in [0.05, 0.1) is 0 Å². The lowest BCUT2D eigenvalue weighted by Gasteiger charge is -2.20. The molecular weight excluding hydrogens is 529 g/mol. The SMILES string of the molecule is c1ccc(OC(CC[Si]CCCC[Si]CCC(Oc2ccccc2)Oc2ccccc2)Oc2ccccc2)cc1. The summed E-state index contributed by atoms with van der Waals surface area (Å²) in [6, 6.07) is 44.5. The minimum Gasteiger partial charge on any atom is -0.455 e. The van der Waals surface area contributed by atoms with E-state index >= 15 is 0 Å². The zero-order chi connectivity index (χ0) is 27.5. The molecular formula is C34H38O4Si2. The zero-order valence-corrected chi connectivity index (χ0v) is 25.0. The molecule has 4 aromatic rings. The Hall–Kier alpha value is -3.49. The highest BCUT2D eigenvalue weighted by atomic mass is 28.2. The summed E-state index contributed by atoms with van der Waals surface area (Å²) in [7, 11) is 1.85. The molecule has 0 aromatic heterocycles. The van der Waals surface area contributed by atoms with E-state index < -0.39 is 0 Å². The van der Waals surface area contributed by atoms with Gasteiger partial charge in [-0.2, -0.15) is 0 Å². The van der Waals surface area contributed by atoms with Crippen molar-refractivity contribution in [2.75, 3.05) is 0 Å². The minimum atomic E-state index is -0.275. The van der Waals surface area contributed by atoms with Crippen LogP contribution in [0.1, 0.15) is 25.7 Å². The molecule has 0 unspecified atom stereocenters. The Bertz CT molecular complexity index is 986. The molecule has 0 bridgehead atoms. The lowest BCUT2D eigenvalue weighted by atomic mass is 10.3. The van der Waals surface area contributed by atoms with Gasteiger partial charge in [-0.3, -0.25) is 0 Å². The van der Waals surface area contributed by atoms with Gasteiger partial charge in [0.15, 0.2) is 0 Å². The quantitative estimate of drug-likeness (QED) is 0.0647. The second-order valence-electron chi connectivity index (χ2n) is 9.37. The van der Waals surface area contributed by atoms with Crippen LogP contribution in [-0.2, 0) is 0 Å². The Balaban J connectivity index is 1.10. The van der Waals surface area contributed by atoms with E-state index in [1.807, 2.05) is 121 Å². The van der Waals surface area contributed by atoms with Crippen LogP contribution in [0.2, 0.25) is 24.2 Å². The summed E-state index contributed by atoms with van der Waals surface area (Å²) in [5.74, 6) is 3.38. The lowest BCUT2D eigenvalue weighted by Crippen LogP contribution is -2.24. The van der Waals surface area contributed by atoms with Crippen LogP contribution in [0.5, 0.6) is 23.0 Å². The van der Waals surface area contributed by atoms with E-state index in [0.717, 1.165) is 67.0 Å². The van der Waals surface area contributed by atoms with Crippen molar-refractivity contribution in [3.8, 4) is 23.0 Å². The van der Waals surface area contributed by atoms with Gasteiger partial charge in [-0.1, -0.05) is 110 Å². The van der Waals surface area contributed by atoms with Crippen LogP contribution in [0.4, 0.5) is 0 Å². The van der Waals surface area contributed by atoms with Crippen molar-refractivity contribution in [2.24, 2.45) is 0 Å². The average Bonchev–Trinajstić information content (AvgIpc) is 3.00. The molecule has 0 spiro atoms. The van der Waals surface area contributed by atoms with Crippen LogP contribution in [0.15, 0.2) is 121 Å². The fourth-order valence-electron chi connectivity index (χ4n) is 4.08. The summed E-state index contributed by atoms with van der Waals surface area (Å²) in [6.07, 6.45) is 3.77. The van der Waals surface area contributed by atoms with E-state index in [1.165, 1.54) is 24.9 Å². The van der Waals surface area contributed by atoms with Crippen molar-refractivity contribution >= 4 is 19.0 Å². The molecule has 0 N–H and O–H groups in total. The maximum Gasteiger partial charge on any atom is 0.240 e. The second kappa shape index (κ2) is 18.0. The summed E-state index contributed by atoms with van der Waals surface area (Å²) in [4.78, 5) is 0. The molecule has 4 nitrogen and oxygen atoms in total. The third kappa shape index (κ3) is 11.7. The van der Waals surface area contributed by atoms with Crippen LogP contribution < -0.4 is 18.9 Å². The number of ether oxygens (including phenoxy) is 4. The summed E-state index contributed by atoms with van der Waals surface area (Å²) in [6.45, 7) is 0. The third-order valence-electron chi connectivity index (χ3n) is 6.11. The van der Waals surface area contributed by atoms with Gasteiger partial charge >= 0.3 is 0 Å². The monoisotopic (exact) mass is 566 g/mol. The Kier molecular flexibility index (Phi) is 13.3. The van der Waals surface area contributed by atoms with Gasteiger partial charge in [-0.05, 0) is 48.5 Å². The second-order valence-corrected chi connectivity index (χ2v) is 12.4. The van der Waals surface area contributed by atoms with Crippen molar-refractivity contribution in [3.05, 3.63) is 121 Å². The van der Waals surface area contributed by atoms with Gasteiger partial charge in [-0.15, -0.1) is 0 Å². The molecule has 0 atom stereocenters. The average molecular weight is 567 g/mol. The fraction of sp³-hybridized carbons (Fsp3) is 0.294. The number of para-hydroxylation sites is 4. The fourth-order valence-corrected chi connectivity index (χ4v) is 6.46. The van der Waals surface area contributed by atoms with Gasteiger partial charge in [0.25, 0.3) is 0 Å². The number of hydrogen-bond acceptors (Lipinski definition) is 4. The molecule has 0 aliphatic carbocycles. The predicted octanol–water partition coefficient (Wildman–Crippen LogP) is 8.60. The van der Waals surface area contributed by atoms with Gasteiger partial charge in [0, 0.05) is 31.9 Å². The number of unbranched alkanes of at least 4 members (excludes halogenated alkanes) is 1. The van der Waals surface area contributed by atoms with Gasteiger partial charge < -0.3 is 18.9 Å². The van der Waals surface area contributed by atoms with Crippen molar-refractivity contribution in [3.63, 3.8) is 0 Å². The van der Waals surface area contributed by atoms with Crippen LogP contribution in [0.3, 0.4) is 0 Å². The zero-order valence-electron chi connectivity index (χ0n) is 23.0. The normalized spacial score (nSPS) is 10.9. The maximum atomic E-state index is 6.15. The topological polar surface area (TPSA) is 36.9 Å². The predicted molar refractivity (Wildman–Crippen MR) is 165 cm³/mol. The largest absolute Gasteiger partial charge is 0.455 e. The molecule has 0 aliphatic heterocycles. The smallest absolute Gasteiger partial charge is 0.240 e.